The van der Waals surface area contributed by atoms with E-state index in [4.69, 9.17) is 61.6 Å². The monoisotopic (exact) mass is 1230 g/mol. The molecule has 0 aromatic heterocycles. The highest BCUT2D eigenvalue weighted by molar-refractivity contribution is 5.73. The number of aliphatic hydroxyl groups is 21. The molecule has 0 aliphatic carbocycles. The molecule has 23 N–H and O–H groups in total. The van der Waals surface area contributed by atoms with Gasteiger partial charge in [0.25, 0.3) is 0 Å². The van der Waals surface area contributed by atoms with Crippen LogP contribution in [0.5, 0.6) is 0 Å². The summed E-state index contributed by atoms with van der Waals surface area (Å²) in [6.07, 6.45) is -64.2. The number of ether oxygens (including phenoxy) is 13. The van der Waals surface area contributed by atoms with Crippen molar-refractivity contribution in [2.75, 3.05) is 46.2 Å². The Labute approximate surface area is 475 Å². The number of rotatable bonds is 21. The highest BCUT2D eigenvalue weighted by Gasteiger charge is 2.59. The Bertz CT molecular complexity index is 2060. The van der Waals surface area contributed by atoms with Crippen molar-refractivity contribution in [1.82, 2.24) is 10.6 Å². The normalized spacial score (nSPS) is 50.3. The van der Waals surface area contributed by atoms with Crippen LogP contribution in [0, 0.1) is 0 Å². The number of aliphatic hydroxyl groups excluding tert-OH is 21. The quantitative estimate of drug-likeness (QED) is 0.0507. The maximum atomic E-state index is 12.7. The SMILES string of the molecule is CC(=O)N[C@H]1[C@H](O[C@H]2[C@@H](O)[C@@H](CO)O[C@@H](O[C@H]3[C@H](O)[C@@H](NC(C)=O)[C@H](O[C@H]4[C@@H](O)[C@@H](CO)O[C@@H](O[C@H]5[C@H](O)[C@@H](O)[C@H](O)O[C@@H]5CO)[C@@H]4O)O[C@@H]3CO)[C@@H]2O)O[C@H](CO)[C@H](O[C@@H]2O[C@H](CO)[C@H](O)[C@H](O[C@@H]3O[C@H](CO)[C@H](O)[C@H](O)[C@H]3O)[C@H]2O)[C@@H]1O. The van der Waals surface area contributed by atoms with Gasteiger partial charge in [-0.2, -0.15) is 0 Å². The van der Waals surface area contributed by atoms with Crippen LogP contribution in [0.15, 0.2) is 0 Å². The molecule has 0 spiro atoms. The zero-order chi connectivity index (χ0) is 61.9. The Kier molecular flexibility index (Phi) is 24.6. The lowest BCUT2D eigenvalue weighted by Gasteiger charge is -2.51. The zero-order valence-corrected chi connectivity index (χ0v) is 44.7. The van der Waals surface area contributed by atoms with Gasteiger partial charge in [0, 0.05) is 13.8 Å². The lowest BCUT2D eigenvalue weighted by molar-refractivity contribution is -0.389. The summed E-state index contributed by atoms with van der Waals surface area (Å²) in [5.41, 5.74) is 0. The first-order chi connectivity index (χ1) is 39.8. The van der Waals surface area contributed by atoms with Crippen LogP contribution < -0.4 is 10.6 Å². The van der Waals surface area contributed by atoms with Crippen molar-refractivity contribution < 1.29 is 178 Å². The van der Waals surface area contributed by atoms with E-state index >= 15 is 0 Å². The van der Waals surface area contributed by atoms with E-state index in [-0.39, 0.29) is 0 Å². The van der Waals surface area contributed by atoms with Gasteiger partial charge >= 0.3 is 0 Å². The number of amides is 2. The fourth-order valence-electron chi connectivity index (χ4n) is 10.8. The van der Waals surface area contributed by atoms with Crippen LogP contribution in [0.1, 0.15) is 13.8 Å². The summed E-state index contributed by atoms with van der Waals surface area (Å²) in [4.78, 5) is 25.4. The van der Waals surface area contributed by atoms with Crippen LogP contribution in [-0.4, -0.2) is 380 Å². The van der Waals surface area contributed by atoms with Crippen LogP contribution in [0.3, 0.4) is 0 Å². The second-order valence-corrected chi connectivity index (χ2v) is 21.0. The van der Waals surface area contributed by atoms with Crippen LogP contribution in [0.4, 0.5) is 0 Å². The number of carbonyl (C=O) groups excluding carboxylic acids is 2. The molecule has 7 saturated heterocycles. The minimum atomic E-state index is -2.28. The van der Waals surface area contributed by atoms with Crippen LogP contribution in [0.2, 0.25) is 0 Å². The summed E-state index contributed by atoms with van der Waals surface area (Å²) >= 11 is 0. The molecule has 7 rings (SSSR count). The molecule has 0 bridgehead atoms. The standard InChI is InChI=1S/C46H78N2O36/c1-10(56)47-19-25(62)34(17(8-54)77-42(19)83-38-23(60)14(5-51)76-46(32(38)69)81-36-16(7-53)72-40(71)29(66)28(36)65)79-44-31(68)37(22(59)13(4-50)74-44)82-41-20(48-11(2)57)26(63)35(18(9-55)78-41)80-45-33(70)39(24(61)15(6-52)75-45)84-43-30(67)27(64)21(58)12(3-49)73-43/h12-46,49-55,58-71H,3-9H2,1-2H3,(H,47,56)(H,48,57)/t12-,13-,14-,15-,16-,17-,18-,19-,20-,21+,22+,23+,24+,25-,26-,27+,28-,29-,30-,31-,32-,33-,34-,35+,36-,37+,38+,39+,40-,41+,42+,43+,44+,45+,46+/m1/s1. The van der Waals surface area contributed by atoms with Gasteiger partial charge in [0.1, 0.15) is 171 Å². The Morgan fingerprint density at radius 2 is 0.548 bits per heavy atom. The molecule has 35 atom stereocenters. The molecule has 0 saturated carbocycles. The smallest absolute Gasteiger partial charge is 0.217 e. The van der Waals surface area contributed by atoms with E-state index < -0.39 is 273 Å². The fraction of sp³-hybridized carbons (Fsp3) is 0.957. The molecular formula is C46H78N2O36. The van der Waals surface area contributed by atoms with E-state index in [0.717, 1.165) is 13.8 Å². The van der Waals surface area contributed by atoms with Crippen molar-refractivity contribution in [3.63, 3.8) is 0 Å². The topological polar surface area (TPSA) is 603 Å². The average molecular weight is 1240 g/mol. The van der Waals surface area contributed by atoms with E-state index in [1.54, 1.807) is 0 Å². The fourth-order valence-corrected chi connectivity index (χ4v) is 10.8. The molecule has 0 radical (unpaired) electrons. The second kappa shape index (κ2) is 29.9. The molecule has 0 unspecified atom stereocenters. The molecule has 7 aliphatic rings. The molecular weight excluding hydrogens is 1160 g/mol. The van der Waals surface area contributed by atoms with Gasteiger partial charge < -0.3 is 179 Å². The maximum absolute atomic E-state index is 12.7. The summed E-state index contributed by atoms with van der Waals surface area (Å²) < 4.78 is 74.0. The Morgan fingerprint density at radius 3 is 0.869 bits per heavy atom. The van der Waals surface area contributed by atoms with Gasteiger partial charge in [0.15, 0.2) is 44.0 Å². The number of hydrogen-bond donors (Lipinski definition) is 23. The first-order valence-electron chi connectivity index (χ1n) is 26.6. The third kappa shape index (κ3) is 14.6. The third-order valence-electron chi connectivity index (χ3n) is 15.3. The average Bonchev–Trinajstić information content (AvgIpc) is 1.79. The Hall–Kier alpha value is -2.42. The third-order valence-corrected chi connectivity index (χ3v) is 15.3. The van der Waals surface area contributed by atoms with Crippen LogP contribution >= 0.6 is 0 Å². The predicted octanol–water partition coefficient (Wildman–Crippen LogP) is -16.0. The Morgan fingerprint density at radius 1 is 0.286 bits per heavy atom. The first-order valence-corrected chi connectivity index (χ1v) is 26.6. The summed E-state index contributed by atoms with van der Waals surface area (Å²) in [5, 5.41) is 230. The second-order valence-electron chi connectivity index (χ2n) is 21.0. The number of nitrogens with one attached hydrogen (secondary N) is 2. The van der Waals surface area contributed by atoms with Gasteiger partial charge in [-0.05, 0) is 0 Å². The highest BCUT2D eigenvalue weighted by Crippen LogP contribution is 2.38. The molecule has 7 aliphatic heterocycles. The molecule has 84 heavy (non-hydrogen) atoms. The van der Waals surface area contributed by atoms with E-state index in [9.17, 15) is 117 Å². The number of hydrogen-bond acceptors (Lipinski definition) is 36. The molecule has 2 amide bonds. The molecule has 38 heteroatoms. The lowest BCUT2D eigenvalue weighted by Crippen LogP contribution is -2.71. The van der Waals surface area contributed by atoms with Gasteiger partial charge in [-0.25, -0.2) is 0 Å². The van der Waals surface area contributed by atoms with E-state index in [2.05, 4.69) is 10.6 Å². The summed E-state index contributed by atoms with van der Waals surface area (Å²) in [6.45, 7) is -5.09. The molecule has 0 aromatic rings. The van der Waals surface area contributed by atoms with Gasteiger partial charge in [-0.3, -0.25) is 9.59 Å². The van der Waals surface area contributed by atoms with Crippen molar-refractivity contribution in [2.45, 2.75) is 229 Å². The largest absolute Gasteiger partial charge is 0.394 e. The summed E-state index contributed by atoms with van der Waals surface area (Å²) in [7, 11) is 0. The maximum Gasteiger partial charge on any atom is 0.217 e. The van der Waals surface area contributed by atoms with Gasteiger partial charge in [-0.15, -0.1) is 0 Å². The van der Waals surface area contributed by atoms with Crippen molar-refractivity contribution >= 4 is 11.8 Å². The Balaban J connectivity index is 1.08. The van der Waals surface area contributed by atoms with Crippen molar-refractivity contribution in [3.8, 4) is 0 Å². The van der Waals surface area contributed by atoms with E-state index in [1.807, 2.05) is 0 Å². The summed E-state index contributed by atoms with van der Waals surface area (Å²) in [5.74, 6) is -1.77. The van der Waals surface area contributed by atoms with Crippen molar-refractivity contribution in [2.24, 2.45) is 0 Å². The molecule has 7 fully saturated rings. The van der Waals surface area contributed by atoms with E-state index in [0.29, 0.717) is 0 Å². The highest BCUT2D eigenvalue weighted by atomic mass is 16.8. The molecule has 7 heterocycles. The van der Waals surface area contributed by atoms with Gasteiger partial charge in [0.2, 0.25) is 11.8 Å². The minimum absolute atomic E-state index is 0.884. The van der Waals surface area contributed by atoms with E-state index in [1.165, 1.54) is 0 Å². The first kappa shape index (κ1) is 69.1. The van der Waals surface area contributed by atoms with Crippen LogP contribution in [-0.2, 0) is 71.2 Å². The van der Waals surface area contributed by atoms with Crippen LogP contribution in [0.25, 0.3) is 0 Å². The molecule has 38 nitrogen and oxygen atoms in total. The molecule has 488 valence electrons. The van der Waals surface area contributed by atoms with Gasteiger partial charge in [-0.1, -0.05) is 0 Å². The predicted molar refractivity (Wildman–Crippen MR) is 255 cm³/mol. The zero-order valence-electron chi connectivity index (χ0n) is 44.7. The lowest BCUT2D eigenvalue weighted by atomic mass is 9.93. The van der Waals surface area contributed by atoms with Crippen molar-refractivity contribution in [3.05, 3.63) is 0 Å². The minimum Gasteiger partial charge on any atom is -0.394 e. The summed E-state index contributed by atoms with van der Waals surface area (Å²) in [6, 6.07) is -3.68. The van der Waals surface area contributed by atoms with Gasteiger partial charge in [0.05, 0.1) is 46.2 Å². The van der Waals surface area contributed by atoms with Crippen molar-refractivity contribution in [1.29, 1.82) is 0 Å². The number of carbonyl (C=O) groups is 2. The molecule has 0 aromatic carbocycles.